The van der Waals surface area contributed by atoms with Crippen molar-refractivity contribution < 1.29 is 4.74 Å². The highest BCUT2D eigenvalue weighted by molar-refractivity contribution is 5.01. The highest BCUT2D eigenvalue weighted by atomic mass is 16.5. The van der Waals surface area contributed by atoms with Gasteiger partial charge in [-0.1, -0.05) is 19.4 Å². The molecular formula is C10H20O. The molecule has 0 saturated carbocycles. The summed E-state index contributed by atoms with van der Waals surface area (Å²) in [5, 5.41) is 0. The van der Waals surface area contributed by atoms with Gasteiger partial charge in [-0.2, -0.15) is 0 Å². The zero-order valence-corrected chi connectivity index (χ0v) is 8.18. The maximum atomic E-state index is 5.57. The van der Waals surface area contributed by atoms with E-state index >= 15 is 0 Å². The summed E-state index contributed by atoms with van der Waals surface area (Å²) in [6, 6.07) is 0. The van der Waals surface area contributed by atoms with Gasteiger partial charge < -0.3 is 4.74 Å². The Labute approximate surface area is 70.4 Å². The van der Waals surface area contributed by atoms with Crippen LogP contribution in [0.25, 0.3) is 0 Å². The predicted octanol–water partition coefficient (Wildman–Crippen LogP) is 3.16. The Morgan fingerprint density at radius 1 is 1.55 bits per heavy atom. The summed E-state index contributed by atoms with van der Waals surface area (Å²) < 4.78 is 5.57. The molecule has 0 saturated heterocycles. The Balaban J connectivity index is 3.44. The molecule has 0 bridgehead atoms. The van der Waals surface area contributed by atoms with Gasteiger partial charge in [-0.3, -0.25) is 0 Å². The van der Waals surface area contributed by atoms with Crippen LogP contribution in [0.3, 0.4) is 0 Å². The second-order valence-electron chi connectivity index (χ2n) is 2.90. The Bertz CT molecular complexity index is 116. The van der Waals surface area contributed by atoms with Crippen molar-refractivity contribution in [3.8, 4) is 0 Å². The molecule has 0 rings (SSSR count). The van der Waals surface area contributed by atoms with E-state index in [9.17, 15) is 0 Å². The molecular weight excluding hydrogens is 136 g/mol. The molecule has 0 aliphatic carbocycles. The average Bonchev–Trinajstić information content (AvgIpc) is 2.03. The van der Waals surface area contributed by atoms with Crippen LogP contribution in [0.5, 0.6) is 0 Å². The van der Waals surface area contributed by atoms with Gasteiger partial charge in [0.1, 0.15) is 0 Å². The van der Waals surface area contributed by atoms with Crippen molar-refractivity contribution in [2.45, 2.75) is 46.6 Å². The van der Waals surface area contributed by atoms with E-state index in [1.165, 1.54) is 18.4 Å². The second kappa shape index (κ2) is 6.41. The Morgan fingerprint density at radius 2 is 2.18 bits per heavy atom. The van der Waals surface area contributed by atoms with Crippen LogP contribution in [0.1, 0.15) is 40.5 Å². The van der Waals surface area contributed by atoms with E-state index in [-0.39, 0.29) is 0 Å². The third-order valence-corrected chi connectivity index (χ3v) is 1.96. The second-order valence-corrected chi connectivity index (χ2v) is 2.90. The minimum absolute atomic E-state index is 0.298. The van der Waals surface area contributed by atoms with Gasteiger partial charge in [-0.25, -0.2) is 0 Å². The first-order valence-corrected chi connectivity index (χ1v) is 4.46. The summed E-state index contributed by atoms with van der Waals surface area (Å²) in [4.78, 5) is 0. The summed E-state index contributed by atoms with van der Waals surface area (Å²) in [5.74, 6) is 0. The van der Waals surface area contributed by atoms with Crippen LogP contribution in [0.4, 0.5) is 0 Å². The van der Waals surface area contributed by atoms with Gasteiger partial charge in [0.15, 0.2) is 0 Å². The SMILES string of the molecule is CC=C(C)C(C)OCCCC. The lowest BCUT2D eigenvalue weighted by Gasteiger charge is -2.12. The fourth-order valence-corrected chi connectivity index (χ4v) is 0.771. The first kappa shape index (κ1) is 10.7. The Hall–Kier alpha value is -0.300. The van der Waals surface area contributed by atoms with Crippen LogP contribution < -0.4 is 0 Å². The van der Waals surface area contributed by atoms with Crippen LogP contribution in [-0.2, 0) is 4.74 Å². The topological polar surface area (TPSA) is 9.23 Å². The lowest BCUT2D eigenvalue weighted by Crippen LogP contribution is -2.10. The van der Waals surface area contributed by atoms with Gasteiger partial charge >= 0.3 is 0 Å². The van der Waals surface area contributed by atoms with Gasteiger partial charge in [-0.05, 0) is 32.8 Å². The van der Waals surface area contributed by atoms with E-state index in [0.29, 0.717) is 6.10 Å². The van der Waals surface area contributed by atoms with E-state index in [1.54, 1.807) is 0 Å². The molecule has 1 nitrogen and oxygen atoms in total. The molecule has 0 N–H and O–H groups in total. The molecule has 0 fully saturated rings. The van der Waals surface area contributed by atoms with Crippen molar-refractivity contribution in [3.05, 3.63) is 11.6 Å². The molecule has 1 unspecified atom stereocenters. The summed E-state index contributed by atoms with van der Waals surface area (Å²) in [6.45, 7) is 9.33. The van der Waals surface area contributed by atoms with Crippen molar-refractivity contribution >= 4 is 0 Å². The molecule has 0 aliphatic heterocycles. The van der Waals surface area contributed by atoms with E-state index in [0.717, 1.165) is 6.61 Å². The fraction of sp³-hybridized carbons (Fsp3) is 0.800. The molecule has 0 aromatic carbocycles. The van der Waals surface area contributed by atoms with Gasteiger partial charge in [0.2, 0.25) is 0 Å². The summed E-state index contributed by atoms with van der Waals surface area (Å²) >= 11 is 0. The van der Waals surface area contributed by atoms with Crippen molar-refractivity contribution in [2.75, 3.05) is 6.61 Å². The van der Waals surface area contributed by atoms with Gasteiger partial charge in [0.05, 0.1) is 6.10 Å². The largest absolute Gasteiger partial charge is 0.374 e. The molecule has 0 heterocycles. The summed E-state index contributed by atoms with van der Waals surface area (Å²) in [6.07, 6.45) is 4.78. The number of ether oxygens (including phenoxy) is 1. The minimum atomic E-state index is 0.298. The number of unbranched alkanes of at least 4 members (excludes halogenated alkanes) is 1. The summed E-state index contributed by atoms with van der Waals surface area (Å²) in [5.41, 5.74) is 1.32. The van der Waals surface area contributed by atoms with E-state index in [4.69, 9.17) is 4.74 Å². The van der Waals surface area contributed by atoms with Gasteiger partial charge in [0.25, 0.3) is 0 Å². The quantitative estimate of drug-likeness (QED) is 0.439. The fourth-order valence-electron chi connectivity index (χ4n) is 0.771. The molecule has 0 spiro atoms. The molecule has 0 aliphatic rings. The Kier molecular flexibility index (Phi) is 6.24. The van der Waals surface area contributed by atoms with Crippen molar-refractivity contribution in [1.82, 2.24) is 0 Å². The predicted molar refractivity (Wildman–Crippen MR) is 49.8 cm³/mol. The maximum absolute atomic E-state index is 5.57. The van der Waals surface area contributed by atoms with Crippen LogP contribution in [0.15, 0.2) is 11.6 Å². The standard InChI is InChI=1S/C10H20O/c1-5-7-8-11-10(4)9(3)6-2/h6,10H,5,7-8H2,1-4H3. The molecule has 11 heavy (non-hydrogen) atoms. The number of hydrogen-bond donors (Lipinski definition) is 0. The van der Waals surface area contributed by atoms with Crippen molar-refractivity contribution in [1.29, 1.82) is 0 Å². The molecule has 66 valence electrons. The Morgan fingerprint density at radius 3 is 2.64 bits per heavy atom. The maximum Gasteiger partial charge on any atom is 0.0754 e. The summed E-state index contributed by atoms with van der Waals surface area (Å²) in [7, 11) is 0. The van der Waals surface area contributed by atoms with Gasteiger partial charge in [0, 0.05) is 6.61 Å². The number of allylic oxidation sites excluding steroid dienone is 1. The highest BCUT2D eigenvalue weighted by Crippen LogP contribution is 2.05. The monoisotopic (exact) mass is 156 g/mol. The molecule has 1 atom stereocenters. The molecule has 0 aromatic heterocycles. The molecule has 0 aromatic rings. The molecule has 1 heteroatoms. The smallest absolute Gasteiger partial charge is 0.0754 e. The zero-order chi connectivity index (χ0) is 8.69. The first-order chi connectivity index (χ1) is 5.22. The average molecular weight is 156 g/mol. The normalized spacial score (nSPS) is 15.1. The van der Waals surface area contributed by atoms with E-state index in [1.807, 2.05) is 0 Å². The highest BCUT2D eigenvalue weighted by Gasteiger charge is 2.01. The van der Waals surface area contributed by atoms with E-state index in [2.05, 4.69) is 33.8 Å². The molecule has 0 amide bonds. The van der Waals surface area contributed by atoms with Gasteiger partial charge in [-0.15, -0.1) is 0 Å². The first-order valence-electron chi connectivity index (χ1n) is 4.46. The van der Waals surface area contributed by atoms with Crippen LogP contribution in [0.2, 0.25) is 0 Å². The zero-order valence-electron chi connectivity index (χ0n) is 8.18. The van der Waals surface area contributed by atoms with E-state index < -0.39 is 0 Å². The number of rotatable bonds is 5. The third kappa shape index (κ3) is 5.02. The third-order valence-electron chi connectivity index (χ3n) is 1.96. The van der Waals surface area contributed by atoms with Crippen molar-refractivity contribution in [2.24, 2.45) is 0 Å². The minimum Gasteiger partial charge on any atom is -0.374 e. The lowest BCUT2D eigenvalue weighted by molar-refractivity contribution is 0.0874. The lowest BCUT2D eigenvalue weighted by atomic mass is 10.2. The number of hydrogen-bond acceptors (Lipinski definition) is 1. The molecule has 0 radical (unpaired) electrons. The van der Waals surface area contributed by atoms with Crippen molar-refractivity contribution in [3.63, 3.8) is 0 Å². The van der Waals surface area contributed by atoms with Crippen LogP contribution in [-0.4, -0.2) is 12.7 Å². The van der Waals surface area contributed by atoms with Crippen LogP contribution >= 0.6 is 0 Å². The van der Waals surface area contributed by atoms with Crippen LogP contribution in [0, 0.1) is 0 Å².